The largest absolute Gasteiger partial charge is 0.298 e. The topological polar surface area (TPSA) is 51.2 Å². The van der Waals surface area contributed by atoms with Crippen molar-refractivity contribution in [1.29, 1.82) is 0 Å². The molecule has 0 saturated carbocycles. The van der Waals surface area contributed by atoms with Gasteiger partial charge in [-0.2, -0.15) is 0 Å². The average molecular weight is 268 g/mol. The molecular formula is C17H16O3. The highest BCUT2D eigenvalue weighted by Crippen LogP contribution is 2.30. The van der Waals surface area contributed by atoms with Crippen LogP contribution in [0.4, 0.5) is 0 Å². The number of hydrogen-bond donors (Lipinski definition) is 0. The zero-order valence-corrected chi connectivity index (χ0v) is 11.5. The average Bonchev–Trinajstić information content (AvgIpc) is 2.47. The van der Waals surface area contributed by atoms with E-state index >= 15 is 0 Å². The summed E-state index contributed by atoms with van der Waals surface area (Å²) in [5.41, 5.74) is -0.585. The van der Waals surface area contributed by atoms with Crippen molar-refractivity contribution in [2.45, 2.75) is 13.8 Å². The molecule has 20 heavy (non-hydrogen) atoms. The zero-order chi connectivity index (χ0) is 14.8. The quantitative estimate of drug-likeness (QED) is 0.479. The number of Topliss-reactive ketones (excluding diaryl/α,β-unsaturated/α-hetero) is 3. The van der Waals surface area contributed by atoms with Gasteiger partial charge in [-0.15, -0.1) is 0 Å². The van der Waals surface area contributed by atoms with Crippen molar-refractivity contribution >= 4 is 17.3 Å². The molecule has 102 valence electrons. The highest BCUT2D eigenvalue weighted by molar-refractivity contribution is 6.10. The zero-order valence-electron chi connectivity index (χ0n) is 11.5. The van der Waals surface area contributed by atoms with Crippen LogP contribution in [0.25, 0.3) is 0 Å². The Morgan fingerprint density at radius 1 is 0.900 bits per heavy atom. The van der Waals surface area contributed by atoms with Crippen molar-refractivity contribution in [2.24, 2.45) is 11.3 Å². The smallest absolute Gasteiger partial charge is 0.173 e. The minimum Gasteiger partial charge on any atom is -0.298 e. The summed E-state index contributed by atoms with van der Waals surface area (Å²) in [6, 6.07) is 8.96. The predicted octanol–water partition coefficient (Wildman–Crippen LogP) is 2.78. The molecule has 1 aromatic rings. The maximum absolute atomic E-state index is 12.3. The number of hydrogen-bond acceptors (Lipinski definition) is 3. The second-order valence-corrected chi connectivity index (χ2v) is 4.96. The van der Waals surface area contributed by atoms with Gasteiger partial charge in [0.2, 0.25) is 0 Å². The van der Waals surface area contributed by atoms with E-state index in [4.69, 9.17) is 0 Å². The van der Waals surface area contributed by atoms with E-state index in [0.717, 1.165) is 0 Å². The van der Waals surface area contributed by atoms with E-state index in [1.807, 2.05) is 6.07 Å². The third kappa shape index (κ3) is 2.39. The Morgan fingerprint density at radius 3 is 1.85 bits per heavy atom. The third-order valence-corrected chi connectivity index (χ3v) is 3.66. The molecule has 1 aliphatic rings. The highest BCUT2D eigenvalue weighted by atomic mass is 16.2. The molecule has 1 aliphatic carbocycles. The SMILES string of the molecule is CC(=O)C1(C(C)=O)C=CC(C(=O)c2ccccc2)C=C1. The Hall–Kier alpha value is -2.29. The number of rotatable bonds is 4. The van der Waals surface area contributed by atoms with Crippen molar-refractivity contribution in [3.05, 3.63) is 60.2 Å². The first-order chi connectivity index (χ1) is 9.47. The molecule has 0 amide bonds. The van der Waals surface area contributed by atoms with Crippen LogP contribution in [0.1, 0.15) is 24.2 Å². The standard InChI is InChI=1S/C17H16O3/c1-12(18)17(13(2)19)10-8-15(9-11-17)16(20)14-6-4-3-5-7-14/h3-11,15H,1-2H3. The molecule has 0 spiro atoms. The van der Waals surface area contributed by atoms with Gasteiger partial charge in [0, 0.05) is 5.56 Å². The summed E-state index contributed by atoms with van der Waals surface area (Å²) >= 11 is 0. The van der Waals surface area contributed by atoms with Crippen LogP contribution in [-0.4, -0.2) is 17.3 Å². The lowest BCUT2D eigenvalue weighted by molar-refractivity contribution is -0.132. The molecule has 3 nitrogen and oxygen atoms in total. The van der Waals surface area contributed by atoms with E-state index in [2.05, 4.69) is 0 Å². The van der Waals surface area contributed by atoms with Gasteiger partial charge in [0.05, 0.1) is 5.92 Å². The normalized spacial score (nSPS) is 16.9. The van der Waals surface area contributed by atoms with Gasteiger partial charge in [-0.25, -0.2) is 0 Å². The minimum absolute atomic E-state index is 0.0428. The summed E-state index contributed by atoms with van der Waals surface area (Å²) in [5.74, 6) is -0.936. The molecule has 0 bridgehead atoms. The van der Waals surface area contributed by atoms with Crippen molar-refractivity contribution in [2.75, 3.05) is 0 Å². The fourth-order valence-corrected chi connectivity index (χ4v) is 2.32. The number of carbonyl (C=O) groups excluding carboxylic acids is 3. The Kier molecular flexibility index (Phi) is 3.79. The fraction of sp³-hybridized carbons (Fsp3) is 0.235. The van der Waals surface area contributed by atoms with Crippen LogP contribution in [0, 0.1) is 11.3 Å². The maximum atomic E-state index is 12.3. The van der Waals surface area contributed by atoms with E-state index in [-0.39, 0.29) is 17.3 Å². The van der Waals surface area contributed by atoms with Crippen LogP contribution < -0.4 is 0 Å². The Bertz CT molecular complexity index is 578. The first-order valence-corrected chi connectivity index (χ1v) is 6.47. The van der Waals surface area contributed by atoms with Gasteiger partial charge in [0.1, 0.15) is 5.41 Å². The summed E-state index contributed by atoms with van der Waals surface area (Å²) in [5, 5.41) is 0. The van der Waals surface area contributed by atoms with Gasteiger partial charge in [-0.3, -0.25) is 14.4 Å². The van der Waals surface area contributed by atoms with Gasteiger partial charge in [-0.1, -0.05) is 54.6 Å². The van der Waals surface area contributed by atoms with Gasteiger partial charge < -0.3 is 0 Å². The van der Waals surface area contributed by atoms with Crippen molar-refractivity contribution in [3.8, 4) is 0 Å². The highest BCUT2D eigenvalue weighted by Gasteiger charge is 2.37. The second kappa shape index (κ2) is 5.37. The Balaban J connectivity index is 2.26. The Morgan fingerprint density at radius 2 is 1.40 bits per heavy atom. The molecule has 0 radical (unpaired) electrons. The lowest BCUT2D eigenvalue weighted by atomic mass is 9.75. The van der Waals surface area contributed by atoms with Gasteiger partial charge >= 0.3 is 0 Å². The second-order valence-electron chi connectivity index (χ2n) is 4.96. The third-order valence-electron chi connectivity index (χ3n) is 3.66. The minimum atomic E-state index is -1.20. The maximum Gasteiger partial charge on any atom is 0.173 e. The van der Waals surface area contributed by atoms with Crippen molar-refractivity contribution in [1.82, 2.24) is 0 Å². The van der Waals surface area contributed by atoms with E-state index in [9.17, 15) is 14.4 Å². The lowest BCUT2D eigenvalue weighted by Crippen LogP contribution is -2.34. The van der Waals surface area contributed by atoms with Crippen molar-refractivity contribution < 1.29 is 14.4 Å². The van der Waals surface area contributed by atoms with Crippen LogP contribution in [-0.2, 0) is 9.59 Å². The molecule has 0 N–H and O–H groups in total. The molecule has 0 fully saturated rings. The molecular weight excluding hydrogens is 252 g/mol. The van der Waals surface area contributed by atoms with Gasteiger partial charge in [0.25, 0.3) is 0 Å². The van der Waals surface area contributed by atoms with E-state index in [0.29, 0.717) is 5.56 Å². The summed E-state index contributed by atoms with van der Waals surface area (Å²) < 4.78 is 0. The first-order valence-electron chi connectivity index (χ1n) is 6.47. The van der Waals surface area contributed by atoms with Crippen molar-refractivity contribution in [3.63, 3.8) is 0 Å². The van der Waals surface area contributed by atoms with Crippen LogP contribution in [0.15, 0.2) is 54.6 Å². The van der Waals surface area contributed by atoms with Gasteiger partial charge in [0.15, 0.2) is 17.3 Å². The predicted molar refractivity (Wildman–Crippen MR) is 76.3 cm³/mol. The molecule has 0 unspecified atom stereocenters. The Labute approximate surface area is 118 Å². The monoisotopic (exact) mass is 268 g/mol. The molecule has 0 aliphatic heterocycles. The molecule has 0 saturated heterocycles. The molecule has 2 rings (SSSR count). The van der Waals surface area contributed by atoms with E-state index < -0.39 is 11.3 Å². The fourth-order valence-electron chi connectivity index (χ4n) is 2.32. The molecule has 0 aromatic heterocycles. The van der Waals surface area contributed by atoms with Gasteiger partial charge in [-0.05, 0) is 13.8 Å². The number of allylic oxidation sites excluding steroid dienone is 4. The van der Waals surface area contributed by atoms with Crippen LogP contribution in [0.5, 0.6) is 0 Å². The number of benzene rings is 1. The summed E-state index contributed by atoms with van der Waals surface area (Å²) in [6.45, 7) is 2.77. The molecule has 1 aromatic carbocycles. The number of carbonyl (C=O) groups is 3. The molecule has 3 heteroatoms. The first kappa shape index (κ1) is 14.1. The number of ketones is 3. The lowest BCUT2D eigenvalue weighted by Gasteiger charge is -2.25. The van der Waals surface area contributed by atoms with E-state index in [1.54, 1.807) is 48.6 Å². The molecule has 0 atom stereocenters. The molecule has 0 heterocycles. The summed E-state index contributed by atoms with van der Waals surface area (Å²) in [4.78, 5) is 35.7. The van der Waals surface area contributed by atoms with Crippen LogP contribution in [0.2, 0.25) is 0 Å². The van der Waals surface area contributed by atoms with Crippen LogP contribution in [0.3, 0.4) is 0 Å². The summed E-state index contributed by atoms with van der Waals surface area (Å²) in [7, 11) is 0. The van der Waals surface area contributed by atoms with Crippen LogP contribution >= 0.6 is 0 Å². The van der Waals surface area contributed by atoms with E-state index in [1.165, 1.54) is 13.8 Å². The summed E-state index contributed by atoms with van der Waals surface area (Å²) in [6.07, 6.45) is 6.36.